The van der Waals surface area contributed by atoms with Crippen LogP contribution in [0.25, 0.3) is 0 Å². The quantitative estimate of drug-likeness (QED) is 0.588. The highest BCUT2D eigenvalue weighted by molar-refractivity contribution is 4.87. The summed E-state index contributed by atoms with van der Waals surface area (Å²) in [5.41, 5.74) is 0.536. The van der Waals surface area contributed by atoms with E-state index >= 15 is 0 Å². The zero-order valence-corrected chi connectivity index (χ0v) is 15.2. The maximum Gasteiger partial charge on any atom is 0.00501 e. The minimum atomic E-state index is 0.536. The Morgan fingerprint density at radius 3 is 2.05 bits per heavy atom. The van der Waals surface area contributed by atoms with Crippen LogP contribution < -0.4 is 5.32 Å². The standard InChI is InChI=1S/C19H40N2/c1-5-18(6-2)15-21(8-4)17-19(16-20-7-3)13-11-9-10-12-14-19/h18,20H,5-17H2,1-4H3. The maximum atomic E-state index is 3.67. The van der Waals surface area contributed by atoms with Crippen molar-refractivity contribution in [2.24, 2.45) is 11.3 Å². The van der Waals surface area contributed by atoms with E-state index < -0.39 is 0 Å². The van der Waals surface area contributed by atoms with Crippen molar-refractivity contribution in [2.45, 2.75) is 79.1 Å². The van der Waals surface area contributed by atoms with Crippen molar-refractivity contribution in [3.05, 3.63) is 0 Å². The molecule has 0 unspecified atom stereocenters. The van der Waals surface area contributed by atoms with Crippen LogP contribution in [0, 0.1) is 11.3 Å². The van der Waals surface area contributed by atoms with E-state index in [0.29, 0.717) is 5.41 Å². The molecule has 0 aliphatic heterocycles. The SMILES string of the molecule is CCNCC1(CN(CC)CC(CC)CC)CCCCCC1. The summed E-state index contributed by atoms with van der Waals surface area (Å²) in [6, 6.07) is 0. The second-order valence-electron chi connectivity index (χ2n) is 7.20. The summed E-state index contributed by atoms with van der Waals surface area (Å²) in [7, 11) is 0. The molecule has 0 saturated heterocycles. The third-order valence-electron chi connectivity index (χ3n) is 5.59. The molecule has 1 saturated carbocycles. The van der Waals surface area contributed by atoms with Crippen LogP contribution in [0.3, 0.4) is 0 Å². The average Bonchev–Trinajstić information content (AvgIpc) is 2.75. The molecule has 0 aromatic carbocycles. The Bertz CT molecular complexity index is 240. The zero-order valence-electron chi connectivity index (χ0n) is 15.2. The van der Waals surface area contributed by atoms with Gasteiger partial charge in [-0.05, 0) is 37.3 Å². The first-order valence-corrected chi connectivity index (χ1v) is 9.62. The van der Waals surface area contributed by atoms with Crippen LogP contribution in [0.1, 0.15) is 79.1 Å². The van der Waals surface area contributed by atoms with Gasteiger partial charge in [0.15, 0.2) is 0 Å². The lowest BCUT2D eigenvalue weighted by Crippen LogP contribution is -2.45. The normalized spacial score (nSPS) is 19.1. The van der Waals surface area contributed by atoms with E-state index in [1.54, 1.807) is 0 Å². The Morgan fingerprint density at radius 2 is 1.57 bits per heavy atom. The molecule has 126 valence electrons. The highest BCUT2D eigenvalue weighted by Gasteiger charge is 2.32. The van der Waals surface area contributed by atoms with Crippen LogP contribution in [0.2, 0.25) is 0 Å². The summed E-state index contributed by atoms with van der Waals surface area (Å²) >= 11 is 0. The summed E-state index contributed by atoms with van der Waals surface area (Å²) in [5, 5.41) is 3.67. The van der Waals surface area contributed by atoms with Crippen molar-refractivity contribution in [2.75, 3.05) is 32.7 Å². The molecule has 2 nitrogen and oxygen atoms in total. The molecule has 0 spiro atoms. The smallest absolute Gasteiger partial charge is 0.00501 e. The van der Waals surface area contributed by atoms with Gasteiger partial charge in [-0.25, -0.2) is 0 Å². The topological polar surface area (TPSA) is 15.3 Å². The molecule has 0 atom stereocenters. The molecule has 1 aliphatic rings. The molecule has 0 aromatic rings. The van der Waals surface area contributed by atoms with Gasteiger partial charge in [0.2, 0.25) is 0 Å². The van der Waals surface area contributed by atoms with Gasteiger partial charge in [0.1, 0.15) is 0 Å². The van der Waals surface area contributed by atoms with E-state index in [1.165, 1.54) is 77.5 Å². The first-order chi connectivity index (χ1) is 10.2. The molecular formula is C19H40N2. The number of hydrogen-bond donors (Lipinski definition) is 1. The van der Waals surface area contributed by atoms with E-state index in [2.05, 4.69) is 37.9 Å². The van der Waals surface area contributed by atoms with Crippen molar-refractivity contribution < 1.29 is 0 Å². The third-order valence-corrected chi connectivity index (χ3v) is 5.59. The highest BCUT2D eigenvalue weighted by atomic mass is 15.1. The first-order valence-electron chi connectivity index (χ1n) is 9.62. The lowest BCUT2D eigenvalue weighted by Gasteiger charge is -2.39. The summed E-state index contributed by atoms with van der Waals surface area (Å²) in [6.07, 6.45) is 11.3. The molecule has 1 N–H and O–H groups in total. The van der Waals surface area contributed by atoms with Gasteiger partial charge in [-0.2, -0.15) is 0 Å². The minimum Gasteiger partial charge on any atom is -0.316 e. The van der Waals surface area contributed by atoms with Crippen molar-refractivity contribution in [1.29, 1.82) is 0 Å². The number of nitrogens with zero attached hydrogens (tertiary/aromatic N) is 1. The van der Waals surface area contributed by atoms with Crippen molar-refractivity contribution in [3.63, 3.8) is 0 Å². The molecular weight excluding hydrogens is 256 g/mol. The van der Waals surface area contributed by atoms with E-state index in [-0.39, 0.29) is 0 Å². The summed E-state index contributed by atoms with van der Waals surface area (Å²) in [5.74, 6) is 0.881. The molecule has 1 rings (SSSR count). The lowest BCUT2D eigenvalue weighted by atomic mass is 9.79. The number of rotatable bonds is 10. The second-order valence-corrected chi connectivity index (χ2v) is 7.20. The molecule has 0 bridgehead atoms. The molecule has 21 heavy (non-hydrogen) atoms. The number of hydrogen-bond acceptors (Lipinski definition) is 2. The van der Waals surface area contributed by atoms with Crippen LogP contribution in [0.15, 0.2) is 0 Å². The third kappa shape index (κ3) is 6.69. The molecule has 0 radical (unpaired) electrons. The Labute approximate surface area is 134 Å². The lowest BCUT2D eigenvalue weighted by molar-refractivity contribution is 0.115. The van der Waals surface area contributed by atoms with Crippen LogP contribution in [0.5, 0.6) is 0 Å². The van der Waals surface area contributed by atoms with Crippen molar-refractivity contribution >= 4 is 0 Å². The fourth-order valence-electron chi connectivity index (χ4n) is 3.95. The average molecular weight is 297 g/mol. The largest absolute Gasteiger partial charge is 0.316 e. The van der Waals surface area contributed by atoms with Crippen LogP contribution in [-0.2, 0) is 0 Å². The Morgan fingerprint density at radius 1 is 0.952 bits per heavy atom. The zero-order chi connectivity index (χ0) is 15.6. The maximum absolute atomic E-state index is 3.67. The molecule has 0 aromatic heterocycles. The van der Waals surface area contributed by atoms with Gasteiger partial charge in [-0.15, -0.1) is 0 Å². The number of nitrogens with one attached hydrogen (secondary N) is 1. The van der Waals surface area contributed by atoms with Gasteiger partial charge < -0.3 is 10.2 Å². The Balaban J connectivity index is 2.67. The molecule has 1 fully saturated rings. The Hall–Kier alpha value is -0.0800. The summed E-state index contributed by atoms with van der Waals surface area (Å²) in [6.45, 7) is 15.5. The Kier molecular flexibility index (Phi) is 9.59. The second kappa shape index (κ2) is 10.6. The van der Waals surface area contributed by atoms with E-state index in [9.17, 15) is 0 Å². The van der Waals surface area contributed by atoms with Crippen LogP contribution >= 0.6 is 0 Å². The van der Waals surface area contributed by atoms with Crippen LogP contribution in [-0.4, -0.2) is 37.6 Å². The highest BCUT2D eigenvalue weighted by Crippen LogP contribution is 2.35. The van der Waals surface area contributed by atoms with E-state index in [1.807, 2.05) is 0 Å². The van der Waals surface area contributed by atoms with E-state index in [0.717, 1.165) is 12.5 Å². The van der Waals surface area contributed by atoms with Crippen molar-refractivity contribution in [3.8, 4) is 0 Å². The predicted octanol–water partition coefficient (Wildman–Crippen LogP) is 4.69. The fraction of sp³-hybridized carbons (Fsp3) is 1.00. The van der Waals surface area contributed by atoms with Gasteiger partial charge in [-0.1, -0.05) is 66.2 Å². The van der Waals surface area contributed by atoms with Gasteiger partial charge >= 0.3 is 0 Å². The van der Waals surface area contributed by atoms with Gasteiger partial charge in [-0.3, -0.25) is 0 Å². The van der Waals surface area contributed by atoms with Crippen LogP contribution in [0.4, 0.5) is 0 Å². The first kappa shape index (κ1) is 19.0. The summed E-state index contributed by atoms with van der Waals surface area (Å²) < 4.78 is 0. The van der Waals surface area contributed by atoms with Gasteiger partial charge in [0, 0.05) is 19.6 Å². The van der Waals surface area contributed by atoms with E-state index in [4.69, 9.17) is 0 Å². The monoisotopic (exact) mass is 296 g/mol. The predicted molar refractivity (Wildman–Crippen MR) is 94.9 cm³/mol. The van der Waals surface area contributed by atoms with Crippen molar-refractivity contribution in [1.82, 2.24) is 10.2 Å². The van der Waals surface area contributed by atoms with Gasteiger partial charge in [0.25, 0.3) is 0 Å². The fourth-order valence-corrected chi connectivity index (χ4v) is 3.95. The van der Waals surface area contributed by atoms with Gasteiger partial charge in [0.05, 0.1) is 0 Å². The molecule has 1 aliphatic carbocycles. The summed E-state index contributed by atoms with van der Waals surface area (Å²) in [4.78, 5) is 2.75. The molecule has 0 amide bonds. The molecule has 2 heteroatoms. The molecule has 0 heterocycles. The minimum absolute atomic E-state index is 0.536.